The Morgan fingerprint density at radius 2 is 2.35 bits per heavy atom. The van der Waals surface area contributed by atoms with Crippen LogP contribution in [0.1, 0.15) is 33.1 Å². The maximum atomic E-state index is 11.7. The zero-order valence-electron chi connectivity index (χ0n) is 10.6. The fourth-order valence-corrected chi connectivity index (χ4v) is 1.64. The molecule has 2 atom stereocenters. The molecule has 5 heteroatoms. The third-order valence-electron chi connectivity index (χ3n) is 2.61. The molecule has 0 aromatic carbocycles. The Hall–Kier alpha value is -1.36. The molecular weight excluding hydrogens is 216 g/mol. The second-order valence-electron chi connectivity index (χ2n) is 4.39. The summed E-state index contributed by atoms with van der Waals surface area (Å²) in [6.07, 6.45) is 6.39. The van der Waals surface area contributed by atoms with Crippen molar-refractivity contribution in [3.63, 3.8) is 0 Å². The number of nitrogens with one attached hydrogen (secondary N) is 1. The fraction of sp³-hybridized carbons (Fsp3) is 0.667. The lowest BCUT2D eigenvalue weighted by atomic mass is 10.1. The van der Waals surface area contributed by atoms with Gasteiger partial charge >= 0.3 is 0 Å². The molecule has 5 nitrogen and oxygen atoms in total. The van der Waals surface area contributed by atoms with E-state index in [0.717, 1.165) is 19.3 Å². The number of hydrogen-bond acceptors (Lipinski definition) is 3. The van der Waals surface area contributed by atoms with E-state index < -0.39 is 6.04 Å². The maximum Gasteiger partial charge on any atom is 0.237 e. The van der Waals surface area contributed by atoms with Crippen LogP contribution in [0, 0.1) is 0 Å². The van der Waals surface area contributed by atoms with Crippen molar-refractivity contribution in [1.29, 1.82) is 0 Å². The van der Waals surface area contributed by atoms with Gasteiger partial charge in [-0.25, -0.2) is 0 Å². The van der Waals surface area contributed by atoms with E-state index in [9.17, 15) is 4.79 Å². The molecule has 96 valence electrons. The number of aromatic nitrogens is 2. The first-order chi connectivity index (χ1) is 8.13. The molecule has 0 aliphatic heterocycles. The molecule has 0 fully saturated rings. The summed E-state index contributed by atoms with van der Waals surface area (Å²) >= 11 is 0. The molecule has 0 saturated heterocycles. The third kappa shape index (κ3) is 4.99. The van der Waals surface area contributed by atoms with E-state index in [0.29, 0.717) is 6.54 Å². The van der Waals surface area contributed by atoms with Gasteiger partial charge in [0, 0.05) is 18.4 Å². The van der Waals surface area contributed by atoms with E-state index >= 15 is 0 Å². The van der Waals surface area contributed by atoms with Gasteiger partial charge in [0.1, 0.15) is 0 Å². The highest BCUT2D eigenvalue weighted by atomic mass is 16.2. The molecule has 0 aliphatic rings. The lowest BCUT2D eigenvalue weighted by Crippen LogP contribution is -2.45. The summed E-state index contributed by atoms with van der Waals surface area (Å²) in [5.41, 5.74) is 5.79. The number of unbranched alkanes of at least 4 members (excludes halogenated alkanes) is 1. The highest BCUT2D eigenvalue weighted by Crippen LogP contribution is 1.99. The predicted octanol–water partition coefficient (Wildman–Crippen LogP) is 0.905. The zero-order valence-corrected chi connectivity index (χ0v) is 10.6. The van der Waals surface area contributed by atoms with E-state index in [1.165, 1.54) is 0 Å². The minimum absolute atomic E-state index is 0.0371. The summed E-state index contributed by atoms with van der Waals surface area (Å²) in [6.45, 7) is 4.70. The van der Waals surface area contributed by atoms with Crippen molar-refractivity contribution in [3.8, 4) is 0 Å². The van der Waals surface area contributed by atoms with Crippen molar-refractivity contribution in [2.45, 2.75) is 51.7 Å². The first-order valence-corrected chi connectivity index (χ1v) is 6.17. The van der Waals surface area contributed by atoms with E-state index in [1.807, 2.05) is 19.2 Å². The van der Waals surface area contributed by atoms with Crippen LogP contribution in [0.4, 0.5) is 0 Å². The molecule has 1 heterocycles. The molecule has 0 radical (unpaired) electrons. The minimum atomic E-state index is -0.393. The number of rotatable bonds is 7. The van der Waals surface area contributed by atoms with Crippen molar-refractivity contribution in [1.82, 2.24) is 15.1 Å². The monoisotopic (exact) mass is 238 g/mol. The summed E-state index contributed by atoms with van der Waals surface area (Å²) in [5.74, 6) is -0.0712. The van der Waals surface area contributed by atoms with Crippen molar-refractivity contribution in [3.05, 3.63) is 18.5 Å². The van der Waals surface area contributed by atoms with Crippen LogP contribution in [-0.2, 0) is 11.3 Å². The first kappa shape index (κ1) is 13.7. The van der Waals surface area contributed by atoms with E-state index in [2.05, 4.69) is 17.3 Å². The van der Waals surface area contributed by atoms with Gasteiger partial charge in [-0.15, -0.1) is 0 Å². The van der Waals surface area contributed by atoms with Gasteiger partial charge < -0.3 is 11.1 Å². The molecular formula is C12H22N4O. The largest absolute Gasteiger partial charge is 0.350 e. The normalized spacial score (nSPS) is 14.3. The van der Waals surface area contributed by atoms with Gasteiger partial charge in [0.2, 0.25) is 5.91 Å². The van der Waals surface area contributed by atoms with E-state index in [1.54, 1.807) is 10.9 Å². The highest BCUT2D eigenvalue weighted by Gasteiger charge is 2.15. The first-order valence-electron chi connectivity index (χ1n) is 6.17. The molecule has 0 bridgehead atoms. The number of carbonyl (C=O) groups excluding carboxylic acids is 1. The standard InChI is InChI=1S/C12H22N4O/c1-3-4-6-11(13)12(17)15-10(2)9-16-8-5-7-14-16/h5,7-8,10-11H,3-4,6,9,13H2,1-2H3,(H,15,17)/t10?,11-/m0/s1. The zero-order chi connectivity index (χ0) is 12.7. The van der Waals surface area contributed by atoms with Crippen LogP contribution in [-0.4, -0.2) is 27.8 Å². The third-order valence-corrected chi connectivity index (χ3v) is 2.61. The van der Waals surface area contributed by atoms with Crippen molar-refractivity contribution in [2.75, 3.05) is 0 Å². The van der Waals surface area contributed by atoms with E-state index in [-0.39, 0.29) is 11.9 Å². The topological polar surface area (TPSA) is 72.9 Å². The molecule has 0 saturated carbocycles. The number of hydrogen-bond donors (Lipinski definition) is 2. The van der Waals surface area contributed by atoms with Crippen LogP contribution in [0.25, 0.3) is 0 Å². The van der Waals surface area contributed by atoms with Crippen molar-refractivity contribution in [2.24, 2.45) is 5.73 Å². The van der Waals surface area contributed by atoms with Crippen molar-refractivity contribution >= 4 is 5.91 Å². The summed E-state index contributed by atoms with van der Waals surface area (Å²) in [5, 5.41) is 6.99. The number of carbonyl (C=O) groups is 1. The van der Waals surface area contributed by atoms with E-state index in [4.69, 9.17) is 5.73 Å². The predicted molar refractivity (Wildman–Crippen MR) is 67.3 cm³/mol. The molecule has 3 N–H and O–H groups in total. The Labute approximate surface area is 102 Å². The Morgan fingerprint density at radius 1 is 1.59 bits per heavy atom. The molecule has 1 amide bonds. The lowest BCUT2D eigenvalue weighted by Gasteiger charge is -2.17. The molecule has 0 spiro atoms. The van der Waals surface area contributed by atoms with Gasteiger partial charge in [-0.2, -0.15) is 5.10 Å². The Balaban J connectivity index is 2.30. The Kier molecular flexibility index (Phi) is 5.69. The van der Waals surface area contributed by atoms with Gasteiger partial charge in [0.15, 0.2) is 0 Å². The molecule has 1 aromatic heterocycles. The van der Waals surface area contributed by atoms with Crippen LogP contribution in [0.3, 0.4) is 0 Å². The smallest absolute Gasteiger partial charge is 0.237 e. The van der Waals surface area contributed by atoms with Gasteiger partial charge in [-0.3, -0.25) is 9.48 Å². The van der Waals surface area contributed by atoms with Gasteiger partial charge in [0.25, 0.3) is 0 Å². The maximum absolute atomic E-state index is 11.7. The molecule has 17 heavy (non-hydrogen) atoms. The van der Waals surface area contributed by atoms with Crippen LogP contribution in [0.2, 0.25) is 0 Å². The second kappa shape index (κ2) is 7.06. The minimum Gasteiger partial charge on any atom is -0.350 e. The van der Waals surface area contributed by atoms with Crippen LogP contribution in [0.5, 0.6) is 0 Å². The molecule has 0 aliphatic carbocycles. The summed E-state index contributed by atoms with van der Waals surface area (Å²) in [6, 6.07) is 1.51. The van der Waals surface area contributed by atoms with Gasteiger partial charge in [-0.05, 0) is 19.4 Å². The van der Waals surface area contributed by atoms with Gasteiger partial charge in [-0.1, -0.05) is 19.8 Å². The molecule has 1 aromatic rings. The van der Waals surface area contributed by atoms with Crippen LogP contribution >= 0.6 is 0 Å². The quantitative estimate of drug-likeness (QED) is 0.741. The summed E-state index contributed by atoms with van der Waals surface area (Å²) < 4.78 is 1.79. The number of nitrogens with two attached hydrogens (primary N) is 1. The molecule has 1 unspecified atom stereocenters. The Morgan fingerprint density at radius 3 is 2.94 bits per heavy atom. The highest BCUT2D eigenvalue weighted by molar-refractivity contribution is 5.81. The van der Waals surface area contributed by atoms with Crippen molar-refractivity contribution < 1.29 is 4.79 Å². The van der Waals surface area contributed by atoms with Crippen LogP contribution < -0.4 is 11.1 Å². The summed E-state index contributed by atoms with van der Waals surface area (Å²) in [7, 11) is 0. The molecule has 1 rings (SSSR count). The summed E-state index contributed by atoms with van der Waals surface area (Å²) in [4.78, 5) is 11.7. The number of amides is 1. The average Bonchev–Trinajstić information content (AvgIpc) is 2.78. The number of nitrogens with zero attached hydrogens (tertiary/aromatic N) is 2. The second-order valence-corrected chi connectivity index (χ2v) is 4.39. The lowest BCUT2D eigenvalue weighted by molar-refractivity contribution is -0.123. The fourth-order valence-electron chi connectivity index (χ4n) is 1.64. The van der Waals surface area contributed by atoms with Crippen LogP contribution in [0.15, 0.2) is 18.5 Å². The Bertz CT molecular complexity index is 323. The SMILES string of the molecule is CCCC[C@H](N)C(=O)NC(C)Cn1cccn1. The average molecular weight is 238 g/mol. The van der Waals surface area contributed by atoms with Gasteiger partial charge in [0.05, 0.1) is 12.6 Å².